The number of nitrogens with zero attached hydrogens (tertiary/aromatic N) is 2. The number of rotatable bonds is 2. The molecule has 25 heavy (non-hydrogen) atoms. The van der Waals surface area contributed by atoms with Crippen molar-refractivity contribution in [2.24, 2.45) is 12.8 Å². The zero-order valence-corrected chi connectivity index (χ0v) is 14.2. The maximum atomic E-state index is 14.4. The molecule has 0 aliphatic rings. The molecule has 10 heteroatoms. The van der Waals surface area contributed by atoms with E-state index >= 15 is 0 Å². The van der Waals surface area contributed by atoms with E-state index in [1.807, 2.05) is 0 Å². The fourth-order valence-corrected chi connectivity index (χ4v) is 2.79. The van der Waals surface area contributed by atoms with Gasteiger partial charge in [0, 0.05) is 18.2 Å². The quantitative estimate of drug-likeness (QED) is 0.643. The van der Waals surface area contributed by atoms with E-state index in [0.29, 0.717) is 10.1 Å². The Labute approximate surface area is 144 Å². The SMILES string of the molecule is Cc1cc(-n2c(=O)c(C)c(C(F)(F)F)n(C)c2=O)c(F)cc1C(N)=S. The third kappa shape index (κ3) is 3.09. The summed E-state index contributed by atoms with van der Waals surface area (Å²) in [5.74, 6) is -1.01. The highest BCUT2D eigenvalue weighted by atomic mass is 32.1. The Morgan fingerprint density at radius 2 is 1.76 bits per heavy atom. The van der Waals surface area contributed by atoms with Crippen LogP contribution in [0.3, 0.4) is 0 Å². The van der Waals surface area contributed by atoms with Crippen LogP contribution in [-0.4, -0.2) is 14.1 Å². The second kappa shape index (κ2) is 6.10. The number of aryl methyl sites for hydroxylation is 1. The van der Waals surface area contributed by atoms with Gasteiger partial charge in [-0.25, -0.2) is 13.8 Å². The highest BCUT2D eigenvalue weighted by Gasteiger charge is 2.38. The van der Waals surface area contributed by atoms with E-state index in [1.165, 1.54) is 6.92 Å². The van der Waals surface area contributed by atoms with Gasteiger partial charge in [0.1, 0.15) is 16.5 Å². The lowest BCUT2D eigenvalue weighted by Gasteiger charge is -2.17. The van der Waals surface area contributed by atoms with E-state index < -0.39 is 40.2 Å². The molecule has 2 N–H and O–H groups in total. The van der Waals surface area contributed by atoms with Gasteiger partial charge in [-0.2, -0.15) is 13.2 Å². The summed E-state index contributed by atoms with van der Waals surface area (Å²) in [5.41, 5.74) is 0.886. The van der Waals surface area contributed by atoms with Gasteiger partial charge in [-0.05, 0) is 31.5 Å². The van der Waals surface area contributed by atoms with E-state index in [0.717, 1.165) is 26.1 Å². The Kier molecular flexibility index (Phi) is 4.60. The molecule has 2 rings (SSSR count). The van der Waals surface area contributed by atoms with E-state index in [2.05, 4.69) is 0 Å². The molecule has 0 unspecified atom stereocenters. The summed E-state index contributed by atoms with van der Waals surface area (Å²) in [6.45, 7) is 2.44. The van der Waals surface area contributed by atoms with Gasteiger partial charge in [0.15, 0.2) is 0 Å². The summed E-state index contributed by atoms with van der Waals surface area (Å²) < 4.78 is 54.3. The molecular formula is C15H13F4N3O2S. The van der Waals surface area contributed by atoms with Gasteiger partial charge in [-0.3, -0.25) is 9.36 Å². The van der Waals surface area contributed by atoms with Crippen molar-refractivity contribution < 1.29 is 17.6 Å². The predicted molar refractivity (Wildman–Crippen MR) is 87.6 cm³/mol. The molecule has 0 saturated heterocycles. The number of hydrogen-bond acceptors (Lipinski definition) is 3. The van der Waals surface area contributed by atoms with Gasteiger partial charge < -0.3 is 5.73 Å². The van der Waals surface area contributed by atoms with E-state index in [4.69, 9.17) is 18.0 Å². The van der Waals surface area contributed by atoms with Crippen molar-refractivity contribution in [1.82, 2.24) is 9.13 Å². The van der Waals surface area contributed by atoms with Crippen molar-refractivity contribution in [1.29, 1.82) is 0 Å². The van der Waals surface area contributed by atoms with Gasteiger partial charge in [0.2, 0.25) is 0 Å². The number of halogens is 4. The third-order valence-corrected chi connectivity index (χ3v) is 3.98. The van der Waals surface area contributed by atoms with Crippen LogP contribution >= 0.6 is 12.2 Å². The summed E-state index contributed by atoms with van der Waals surface area (Å²) in [5, 5.41) is 0. The Morgan fingerprint density at radius 1 is 1.20 bits per heavy atom. The molecule has 0 amide bonds. The van der Waals surface area contributed by atoms with Crippen LogP contribution in [0.2, 0.25) is 0 Å². The number of alkyl halides is 3. The molecule has 0 saturated carbocycles. The maximum Gasteiger partial charge on any atom is 0.432 e. The van der Waals surface area contributed by atoms with E-state index in [9.17, 15) is 27.2 Å². The number of thiocarbonyl (C=S) groups is 1. The first-order valence-electron chi connectivity index (χ1n) is 6.88. The number of hydrogen-bond donors (Lipinski definition) is 1. The fourth-order valence-electron chi connectivity index (χ4n) is 2.57. The van der Waals surface area contributed by atoms with Gasteiger partial charge in [0.25, 0.3) is 5.56 Å². The largest absolute Gasteiger partial charge is 0.432 e. The molecule has 1 heterocycles. The van der Waals surface area contributed by atoms with Crippen LogP contribution in [0.15, 0.2) is 21.7 Å². The minimum Gasteiger partial charge on any atom is -0.389 e. The highest BCUT2D eigenvalue weighted by Crippen LogP contribution is 2.29. The fraction of sp³-hybridized carbons (Fsp3) is 0.267. The van der Waals surface area contributed by atoms with Crippen LogP contribution in [0.1, 0.15) is 22.4 Å². The highest BCUT2D eigenvalue weighted by molar-refractivity contribution is 7.80. The molecule has 0 aliphatic heterocycles. The van der Waals surface area contributed by atoms with Gasteiger partial charge in [-0.1, -0.05) is 12.2 Å². The monoisotopic (exact) mass is 375 g/mol. The van der Waals surface area contributed by atoms with Crippen molar-refractivity contribution in [2.45, 2.75) is 20.0 Å². The number of aromatic nitrogens is 2. The van der Waals surface area contributed by atoms with Crippen molar-refractivity contribution >= 4 is 17.2 Å². The first-order chi connectivity index (χ1) is 11.4. The summed E-state index contributed by atoms with van der Waals surface area (Å²) >= 11 is 4.77. The van der Waals surface area contributed by atoms with Crippen LogP contribution in [0.4, 0.5) is 17.6 Å². The van der Waals surface area contributed by atoms with Crippen molar-refractivity contribution in [3.05, 3.63) is 61.2 Å². The molecule has 2 aromatic rings. The molecule has 0 spiro atoms. The second-order valence-electron chi connectivity index (χ2n) is 5.44. The molecule has 0 radical (unpaired) electrons. The lowest BCUT2D eigenvalue weighted by molar-refractivity contribution is -0.144. The Hall–Kier alpha value is -2.49. The van der Waals surface area contributed by atoms with Crippen molar-refractivity contribution in [3.8, 4) is 5.69 Å². The molecule has 1 aromatic heterocycles. The van der Waals surface area contributed by atoms with E-state index in [-0.39, 0.29) is 15.1 Å². The predicted octanol–water partition coefficient (Wildman–Crippen LogP) is 1.95. The average molecular weight is 375 g/mol. The van der Waals surface area contributed by atoms with Crippen molar-refractivity contribution in [2.75, 3.05) is 0 Å². The Balaban J connectivity index is 2.92. The number of benzene rings is 1. The molecule has 0 fully saturated rings. The zero-order chi connectivity index (χ0) is 19.3. The summed E-state index contributed by atoms with van der Waals surface area (Å²) in [7, 11) is 0.863. The Bertz CT molecular complexity index is 969. The van der Waals surface area contributed by atoms with Crippen LogP contribution in [0.5, 0.6) is 0 Å². The van der Waals surface area contributed by atoms with Crippen LogP contribution in [-0.2, 0) is 13.2 Å². The van der Waals surface area contributed by atoms with Gasteiger partial charge >= 0.3 is 11.9 Å². The first-order valence-corrected chi connectivity index (χ1v) is 7.29. The lowest BCUT2D eigenvalue weighted by atomic mass is 10.1. The summed E-state index contributed by atoms with van der Waals surface area (Å²) in [6, 6.07) is 2.07. The van der Waals surface area contributed by atoms with Crippen LogP contribution in [0, 0.1) is 19.7 Å². The third-order valence-electron chi connectivity index (χ3n) is 3.76. The van der Waals surface area contributed by atoms with Gasteiger partial charge in [-0.15, -0.1) is 0 Å². The average Bonchev–Trinajstić information content (AvgIpc) is 2.47. The molecule has 0 atom stereocenters. The maximum absolute atomic E-state index is 14.4. The lowest BCUT2D eigenvalue weighted by Crippen LogP contribution is -2.43. The Morgan fingerprint density at radius 3 is 2.24 bits per heavy atom. The molecule has 5 nitrogen and oxygen atoms in total. The second-order valence-corrected chi connectivity index (χ2v) is 5.88. The molecule has 0 aliphatic carbocycles. The molecule has 1 aromatic carbocycles. The minimum atomic E-state index is -4.90. The van der Waals surface area contributed by atoms with Crippen LogP contribution < -0.4 is 17.0 Å². The number of nitrogens with two attached hydrogens (primary N) is 1. The molecule has 0 bridgehead atoms. The normalized spacial score (nSPS) is 11.6. The zero-order valence-electron chi connectivity index (χ0n) is 13.4. The molecule has 134 valence electrons. The smallest absolute Gasteiger partial charge is 0.389 e. The topological polar surface area (TPSA) is 70.0 Å². The molecular weight excluding hydrogens is 362 g/mol. The minimum absolute atomic E-state index is 0.0909. The standard InChI is InChI=1S/C15H13F4N3O2S/c1-6-4-10(9(16)5-8(6)12(20)25)22-13(23)7(2)11(15(17,18)19)21(3)14(22)24/h4-5H,1-3H3,(H2,20,25). The van der Waals surface area contributed by atoms with E-state index in [1.54, 1.807) is 0 Å². The summed E-state index contributed by atoms with van der Waals surface area (Å²) in [6.07, 6.45) is -4.90. The van der Waals surface area contributed by atoms with Crippen molar-refractivity contribution in [3.63, 3.8) is 0 Å². The summed E-state index contributed by atoms with van der Waals surface area (Å²) in [4.78, 5) is 24.5. The van der Waals surface area contributed by atoms with Gasteiger partial charge in [0.05, 0.1) is 5.69 Å². The first kappa shape index (κ1) is 18.8. The van der Waals surface area contributed by atoms with Crippen LogP contribution in [0.25, 0.3) is 5.69 Å².